The normalized spacial score (nSPS) is 10.7. The summed E-state index contributed by atoms with van der Waals surface area (Å²) in [4.78, 5) is 10.4. The third-order valence-corrected chi connectivity index (χ3v) is 2.26. The van der Waals surface area contributed by atoms with Crippen molar-refractivity contribution < 1.29 is 9.66 Å². The van der Waals surface area contributed by atoms with Crippen molar-refractivity contribution in [2.75, 3.05) is 7.11 Å². The smallest absolute Gasteiger partial charge is 0.278 e. The van der Waals surface area contributed by atoms with Crippen LogP contribution >= 0.6 is 0 Å². The van der Waals surface area contributed by atoms with E-state index < -0.39 is 0 Å². The van der Waals surface area contributed by atoms with Gasteiger partial charge in [-0.15, -0.1) is 0 Å². The lowest BCUT2D eigenvalue weighted by molar-refractivity contribution is -0.383. The molecule has 2 aromatic rings. The number of rotatable bonds is 3. The molecule has 0 unspecified atom stereocenters. The lowest BCUT2D eigenvalue weighted by atomic mass is 10.2. The van der Waals surface area contributed by atoms with Gasteiger partial charge in [-0.1, -0.05) is 6.07 Å². The number of ether oxygens (including phenoxy) is 1. The molecule has 15 heavy (non-hydrogen) atoms. The summed E-state index contributed by atoms with van der Waals surface area (Å²) in [6, 6.07) is 6.74. The molecular formula is C10H10N2O3. The number of hydrogen-bond donors (Lipinski definition) is 0. The zero-order valence-corrected chi connectivity index (χ0v) is 8.21. The standard InChI is InChI=1S/C10H10N2O3/c1-15-7-11-6-5-8-9(11)3-2-4-10(8)12(13)14/h2-6H,7H2,1H3. The average Bonchev–Trinajstić information content (AvgIpc) is 2.62. The molecule has 0 N–H and O–H groups in total. The van der Waals surface area contributed by atoms with Crippen molar-refractivity contribution >= 4 is 16.6 Å². The topological polar surface area (TPSA) is 57.3 Å². The number of methoxy groups -OCH3 is 1. The number of fused-ring (bicyclic) bond motifs is 1. The second kappa shape index (κ2) is 3.70. The molecule has 0 fully saturated rings. The van der Waals surface area contributed by atoms with E-state index in [0.29, 0.717) is 12.1 Å². The fraction of sp³-hybridized carbons (Fsp3) is 0.200. The third-order valence-electron chi connectivity index (χ3n) is 2.26. The molecule has 0 aliphatic carbocycles. The summed E-state index contributed by atoms with van der Waals surface area (Å²) in [5, 5.41) is 11.4. The molecule has 0 aliphatic heterocycles. The molecule has 0 bridgehead atoms. The van der Waals surface area contributed by atoms with Gasteiger partial charge >= 0.3 is 0 Å². The van der Waals surface area contributed by atoms with Crippen LogP contribution in [-0.2, 0) is 11.5 Å². The summed E-state index contributed by atoms with van der Waals surface area (Å²) in [6.45, 7) is 0.394. The quantitative estimate of drug-likeness (QED) is 0.571. The number of nitrogens with zero attached hydrogens (tertiary/aromatic N) is 2. The Morgan fingerprint density at radius 3 is 2.93 bits per heavy atom. The summed E-state index contributed by atoms with van der Waals surface area (Å²) in [7, 11) is 1.59. The van der Waals surface area contributed by atoms with Crippen LogP contribution in [-0.4, -0.2) is 16.6 Å². The van der Waals surface area contributed by atoms with Crippen LogP contribution in [0.4, 0.5) is 5.69 Å². The minimum Gasteiger partial charge on any atom is -0.364 e. The Hall–Kier alpha value is -1.88. The average molecular weight is 206 g/mol. The molecule has 0 amide bonds. The molecule has 5 nitrogen and oxygen atoms in total. The van der Waals surface area contributed by atoms with Crippen LogP contribution in [0.25, 0.3) is 10.9 Å². The van der Waals surface area contributed by atoms with E-state index in [0.717, 1.165) is 5.52 Å². The first-order valence-electron chi connectivity index (χ1n) is 4.45. The maximum Gasteiger partial charge on any atom is 0.278 e. The van der Waals surface area contributed by atoms with Crippen molar-refractivity contribution in [2.24, 2.45) is 0 Å². The minimum absolute atomic E-state index is 0.127. The molecule has 1 heterocycles. The lowest BCUT2D eigenvalue weighted by Crippen LogP contribution is -1.97. The Labute approximate surface area is 86.0 Å². The minimum atomic E-state index is -0.376. The maximum atomic E-state index is 10.7. The zero-order valence-electron chi connectivity index (χ0n) is 8.21. The molecule has 5 heteroatoms. The van der Waals surface area contributed by atoms with Gasteiger partial charge in [0.05, 0.1) is 15.8 Å². The van der Waals surface area contributed by atoms with Gasteiger partial charge in [0, 0.05) is 19.4 Å². The zero-order chi connectivity index (χ0) is 10.8. The fourth-order valence-electron chi connectivity index (χ4n) is 1.62. The van der Waals surface area contributed by atoms with Crippen molar-refractivity contribution in [2.45, 2.75) is 6.73 Å². The van der Waals surface area contributed by atoms with Crippen LogP contribution < -0.4 is 0 Å². The Balaban J connectivity index is 2.63. The van der Waals surface area contributed by atoms with Gasteiger partial charge in [-0.25, -0.2) is 0 Å². The summed E-state index contributed by atoms with van der Waals surface area (Å²) < 4.78 is 6.81. The van der Waals surface area contributed by atoms with E-state index >= 15 is 0 Å². The second-order valence-electron chi connectivity index (χ2n) is 3.17. The fourth-order valence-corrected chi connectivity index (χ4v) is 1.62. The molecule has 0 atom stereocenters. The van der Waals surface area contributed by atoms with Crippen LogP contribution in [0.3, 0.4) is 0 Å². The van der Waals surface area contributed by atoms with Gasteiger partial charge in [0.15, 0.2) is 0 Å². The van der Waals surface area contributed by atoms with Crippen LogP contribution in [0.5, 0.6) is 0 Å². The van der Waals surface area contributed by atoms with E-state index in [1.807, 2.05) is 10.6 Å². The first kappa shape index (κ1) is 9.67. The number of hydrogen-bond acceptors (Lipinski definition) is 3. The molecule has 1 aromatic heterocycles. The lowest BCUT2D eigenvalue weighted by Gasteiger charge is -2.02. The Morgan fingerprint density at radius 2 is 2.27 bits per heavy atom. The highest BCUT2D eigenvalue weighted by Crippen LogP contribution is 2.25. The first-order chi connectivity index (χ1) is 7.24. The summed E-state index contributed by atoms with van der Waals surface area (Å²) >= 11 is 0. The van der Waals surface area contributed by atoms with Gasteiger partial charge in [-0.2, -0.15) is 0 Å². The SMILES string of the molecule is COCn1ccc2c([N+](=O)[O-])cccc21. The van der Waals surface area contributed by atoms with Crippen molar-refractivity contribution in [1.82, 2.24) is 4.57 Å². The van der Waals surface area contributed by atoms with E-state index in [4.69, 9.17) is 4.74 Å². The Bertz CT molecular complexity index is 504. The Kier molecular flexibility index (Phi) is 2.39. The molecule has 0 aliphatic rings. The van der Waals surface area contributed by atoms with Crippen molar-refractivity contribution in [3.05, 3.63) is 40.6 Å². The molecular weight excluding hydrogens is 196 g/mol. The molecule has 0 spiro atoms. The third kappa shape index (κ3) is 1.57. The van der Waals surface area contributed by atoms with Gasteiger partial charge in [0.2, 0.25) is 0 Å². The highest BCUT2D eigenvalue weighted by atomic mass is 16.6. The molecule has 2 rings (SSSR count). The van der Waals surface area contributed by atoms with E-state index in [1.165, 1.54) is 6.07 Å². The molecule has 0 radical (unpaired) electrons. The van der Waals surface area contributed by atoms with E-state index in [9.17, 15) is 10.1 Å². The second-order valence-corrected chi connectivity index (χ2v) is 3.17. The summed E-state index contributed by atoms with van der Waals surface area (Å²) in [5.74, 6) is 0. The van der Waals surface area contributed by atoms with Gasteiger partial charge in [0.1, 0.15) is 6.73 Å². The van der Waals surface area contributed by atoms with Crippen molar-refractivity contribution in [1.29, 1.82) is 0 Å². The van der Waals surface area contributed by atoms with Gasteiger partial charge in [-0.3, -0.25) is 10.1 Å². The van der Waals surface area contributed by atoms with Crippen LogP contribution in [0.2, 0.25) is 0 Å². The largest absolute Gasteiger partial charge is 0.364 e. The number of aromatic nitrogens is 1. The van der Waals surface area contributed by atoms with Crippen molar-refractivity contribution in [3.63, 3.8) is 0 Å². The van der Waals surface area contributed by atoms with Gasteiger partial charge < -0.3 is 9.30 Å². The van der Waals surface area contributed by atoms with E-state index in [2.05, 4.69) is 0 Å². The first-order valence-corrected chi connectivity index (χ1v) is 4.45. The molecule has 78 valence electrons. The Morgan fingerprint density at radius 1 is 1.47 bits per heavy atom. The summed E-state index contributed by atoms with van der Waals surface area (Å²) in [5.41, 5.74) is 0.938. The number of non-ortho nitro benzene ring substituents is 1. The highest BCUT2D eigenvalue weighted by molar-refractivity contribution is 5.89. The van der Waals surface area contributed by atoms with E-state index in [-0.39, 0.29) is 10.6 Å². The highest BCUT2D eigenvalue weighted by Gasteiger charge is 2.13. The van der Waals surface area contributed by atoms with Crippen LogP contribution in [0.15, 0.2) is 30.5 Å². The van der Waals surface area contributed by atoms with Crippen LogP contribution in [0, 0.1) is 10.1 Å². The van der Waals surface area contributed by atoms with Gasteiger partial charge in [-0.05, 0) is 12.1 Å². The predicted molar refractivity (Wildman–Crippen MR) is 55.6 cm³/mol. The molecule has 1 aromatic carbocycles. The predicted octanol–water partition coefficient (Wildman–Crippen LogP) is 2.15. The van der Waals surface area contributed by atoms with Gasteiger partial charge in [0.25, 0.3) is 5.69 Å². The number of nitro groups is 1. The number of nitro benzene ring substituents is 1. The van der Waals surface area contributed by atoms with E-state index in [1.54, 1.807) is 25.4 Å². The monoisotopic (exact) mass is 206 g/mol. The van der Waals surface area contributed by atoms with Crippen molar-refractivity contribution in [3.8, 4) is 0 Å². The molecule has 0 saturated heterocycles. The maximum absolute atomic E-state index is 10.7. The summed E-state index contributed by atoms with van der Waals surface area (Å²) in [6.07, 6.45) is 1.78. The number of benzene rings is 1. The molecule has 0 saturated carbocycles. The van der Waals surface area contributed by atoms with Crippen LogP contribution in [0.1, 0.15) is 0 Å².